The zero-order valence-corrected chi connectivity index (χ0v) is 9.40. The number of hydrogen-bond donors (Lipinski definition) is 1. The molecule has 2 N–H and O–H groups in total. The summed E-state index contributed by atoms with van der Waals surface area (Å²) in [5.74, 6) is -0.903. The molecule has 4 heteroatoms. The summed E-state index contributed by atoms with van der Waals surface area (Å²) in [5, 5.41) is 0. The van der Waals surface area contributed by atoms with Crippen molar-refractivity contribution in [3.63, 3.8) is 0 Å². The molecule has 1 atom stereocenters. The van der Waals surface area contributed by atoms with E-state index >= 15 is 0 Å². The second kappa shape index (κ2) is 5.30. The highest BCUT2D eigenvalue weighted by molar-refractivity contribution is 5.88. The summed E-state index contributed by atoms with van der Waals surface area (Å²) in [6.45, 7) is 1.46. The lowest BCUT2D eigenvalue weighted by atomic mass is 9.92. The van der Waals surface area contributed by atoms with E-state index in [4.69, 9.17) is 5.73 Å². The summed E-state index contributed by atoms with van der Waals surface area (Å²) >= 11 is 0. The Morgan fingerprint density at radius 1 is 1.31 bits per heavy atom. The Labute approximate surface area is 94.4 Å². The Bertz CT molecular complexity index is 384. The molecule has 1 unspecified atom stereocenters. The minimum atomic E-state index is -0.451. The number of carbonyl (C=O) groups excluding carboxylic acids is 2. The average Bonchev–Trinajstić information content (AvgIpc) is 2.26. The van der Waals surface area contributed by atoms with Crippen LogP contribution in [0.3, 0.4) is 0 Å². The van der Waals surface area contributed by atoms with Gasteiger partial charge in [-0.2, -0.15) is 0 Å². The fourth-order valence-electron chi connectivity index (χ4n) is 1.47. The van der Waals surface area contributed by atoms with Crippen molar-refractivity contribution < 1.29 is 14.3 Å². The zero-order chi connectivity index (χ0) is 12.1. The van der Waals surface area contributed by atoms with Gasteiger partial charge in [0.1, 0.15) is 5.78 Å². The highest BCUT2D eigenvalue weighted by Gasteiger charge is 2.20. The van der Waals surface area contributed by atoms with Crippen molar-refractivity contribution in [2.75, 3.05) is 12.8 Å². The standard InChI is InChI=1S/C12H15NO3/c1-8(14)11(7-12(15)16-2)9-3-5-10(13)6-4-9/h3-6,11H,7,13H2,1-2H3. The smallest absolute Gasteiger partial charge is 0.306 e. The molecule has 4 nitrogen and oxygen atoms in total. The molecular formula is C12H15NO3. The molecule has 0 amide bonds. The lowest BCUT2D eigenvalue weighted by Crippen LogP contribution is -2.15. The summed E-state index contributed by atoms with van der Waals surface area (Å²) in [6, 6.07) is 6.93. The van der Waals surface area contributed by atoms with E-state index in [-0.39, 0.29) is 12.2 Å². The predicted octanol–water partition coefficient (Wildman–Crippen LogP) is 1.50. The lowest BCUT2D eigenvalue weighted by Gasteiger charge is -2.12. The molecule has 0 aromatic heterocycles. The summed E-state index contributed by atoms with van der Waals surface area (Å²) in [4.78, 5) is 22.6. The molecule has 0 aliphatic carbocycles. The number of nitrogen functional groups attached to an aromatic ring is 1. The number of hydrogen-bond acceptors (Lipinski definition) is 4. The second-order valence-electron chi connectivity index (χ2n) is 3.61. The molecule has 0 spiro atoms. The maximum Gasteiger partial charge on any atom is 0.306 e. The largest absolute Gasteiger partial charge is 0.469 e. The van der Waals surface area contributed by atoms with Crippen molar-refractivity contribution in [1.29, 1.82) is 0 Å². The maximum atomic E-state index is 11.4. The topological polar surface area (TPSA) is 69.4 Å². The van der Waals surface area contributed by atoms with Gasteiger partial charge in [-0.15, -0.1) is 0 Å². The third-order valence-electron chi connectivity index (χ3n) is 2.43. The number of carbonyl (C=O) groups is 2. The van der Waals surface area contributed by atoms with E-state index in [1.54, 1.807) is 24.3 Å². The third kappa shape index (κ3) is 3.08. The minimum absolute atomic E-state index is 0.0600. The molecule has 0 saturated carbocycles. The van der Waals surface area contributed by atoms with Gasteiger partial charge in [0.25, 0.3) is 0 Å². The molecule has 1 rings (SSSR count). The van der Waals surface area contributed by atoms with Gasteiger partial charge in [-0.25, -0.2) is 0 Å². The first kappa shape index (κ1) is 12.2. The zero-order valence-electron chi connectivity index (χ0n) is 9.40. The van der Waals surface area contributed by atoms with Gasteiger partial charge in [0.2, 0.25) is 0 Å². The quantitative estimate of drug-likeness (QED) is 0.618. The highest BCUT2D eigenvalue weighted by Crippen LogP contribution is 2.22. The van der Waals surface area contributed by atoms with Gasteiger partial charge in [-0.1, -0.05) is 12.1 Å². The molecule has 1 aromatic carbocycles. The number of benzene rings is 1. The molecule has 86 valence electrons. The summed E-state index contributed by atoms with van der Waals surface area (Å²) in [7, 11) is 1.31. The molecule has 16 heavy (non-hydrogen) atoms. The SMILES string of the molecule is COC(=O)CC(C(C)=O)c1ccc(N)cc1. The number of esters is 1. The van der Waals surface area contributed by atoms with Crippen LogP contribution in [0.25, 0.3) is 0 Å². The van der Waals surface area contributed by atoms with Gasteiger partial charge in [0.15, 0.2) is 0 Å². The summed E-state index contributed by atoms with van der Waals surface area (Å²) < 4.78 is 4.56. The van der Waals surface area contributed by atoms with Crippen LogP contribution in [-0.4, -0.2) is 18.9 Å². The van der Waals surface area contributed by atoms with E-state index in [1.807, 2.05) is 0 Å². The van der Waals surface area contributed by atoms with E-state index < -0.39 is 11.9 Å². The Hall–Kier alpha value is -1.84. The van der Waals surface area contributed by atoms with Crippen molar-refractivity contribution in [1.82, 2.24) is 0 Å². The molecule has 0 saturated heterocycles. The number of anilines is 1. The average molecular weight is 221 g/mol. The first-order chi connectivity index (χ1) is 7.54. The van der Waals surface area contributed by atoms with Gasteiger partial charge in [0.05, 0.1) is 19.4 Å². The van der Waals surface area contributed by atoms with Crippen LogP contribution >= 0.6 is 0 Å². The molecule has 1 aromatic rings. The van der Waals surface area contributed by atoms with Gasteiger partial charge in [-0.3, -0.25) is 9.59 Å². The molecule has 0 heterocycles. The van der Waals surface area contributed by atoms with E-state index in [0.717, 1.165) is 5.56 Å². The van der Waals surface area contributed by atoms with E-state index in [1.165, 1.54) is 14.0 Å². The number of ketones is 1. The number of ether oxygens (including phenoxy) is 1. The normalized spacial score (nSPS) is 11.9. The number of nitrogens with two attached hydrogens (primary N) is 1. The molecule has 0 aliphatic rings. The van der Waals surface area contributed by atoms with Crippen LogP contribution < -0.4 is 5.73 Å². The number of rotatable bonds is 4. The monoisotopic (exact) mass is 221 g/mol. The van der Waals surface area contributed by atoms with Crippen molar-refractivity contribution in [2.45, 2.75) is 19.3 Å². The van der Waals surface area contributed by atoms with Crippen molar-refractivity contribution in [3.05, 3.63) is 29.8 Å². The van der Waals surface area contributed by atoms with Crippen molar-refractivity contribution in [2.24, 2.45) is 0 Å². The number of methoxy groups -OCH3 is 1. The fraction of sp³-hybridized carbons (Fsp3) is 0.333. The van der Waals surface area contributed by atoms with Gasteiger partial charge in [-0.05, 0) is 24.6 Å². The second-order valence-corrected chi connectivity index (χ2v) is 3.61. The summed E-state index contributed by atoms with van der Waals surface area (Å²) in [5.41, 5.74) is 6.97. The molecule has 0 fully saturated rings. The third-order valence-corrected chi connectivity index (χ3v) is 2.43. The van der Waals surface area contributed by atoms with Crippen LogP contribution in [0.1, 0.15) is 24.8 Å². The van der Waals surface area contributed by atoms with Crippen LogP contribution in [0.5, 0.6) is 0 Å². The van der Waals surface area contributed by atoms with Crippen LogP contribution in [0.2, 0.25) is 0 Å². The van der Waals surface area contributed by atoms with Gasteiger partial charge >= 0.3 is 5.97 Å². The van der Waals surface area contributed by atoms with Crippen LogP contribution in [0, 0.1) is 0 Å². The van der Waals surface area contributed by atoms with Gasteiger partial charge < -0.3 is 10.5 Å². The molecule has 0 radical (unpaired) electrons. The molecular weight excluding hydrogens is 206 g/mol. The Morgan fingerprint density at radius 2 is 1.88 bits per heavy atom. The predicted molar refractivity (Wildman–Crippen MR) is 60.9 cm³/mol. The summed E-state index contributed by atoms with van der Waals surface area (Å²) in [6.07, 6.45) is 0.0652. The first-order valence-corrected chi connectivity index (χ1v) is 4.97. The Morgan fingerprint density at radius 3 is 2.31 bits per heavy atom. The van der Waals surface area contributed by atoms with Gasteiger partial charge in [0, 0.05) is 5.69 Å². The lowest BCUT2D eigenvalue weighted by molar-refractivity contribution is -0.142. The molecule has 0 aliphatic heterocycles. The van der Waals surface area contributed by atoms with Crippen LogP contribution in [0.15, 0.2) is 24.3 Å². The van der Waals surface area contributed by atoms with Crippen molar-refractivity contribution in [3.8, 4) is 0 Å². The molecule has 0 bridgehead atoms. The van der Waals surface area contributed by atoms with E-state index in [2.05, 4.69) is 4.74 Å². The van der Waals surface area contributed by atoms with E-state index in [9.17, 15) is 9.59 Å². The highest BCUT2D eigenvalue weighted by atomic mass is 16.5. The fourth-order valence-corrected chi connectivity index (χ4v) is 1.47. The number of Topliss-reactive ketones (excluding diaryl/α,β-unsaturated/α-hetero) is 1. The Kier molecular flexibility index (Phi) is 4.05. The van der Waals surface area contributed by atoms with Crippen molar-refractivity contribution >= 4 is 17.4 Å². The Balaban J connectivity index is 2.89. The van der Waals surface area contributed by atoms with Crippen LogP contribution in [0.4, 0.5) is 5.69 Å². The maximum absolute atomic E-state index is 11.4. The van der Waals surface area contributed by atoms with Crippen LogP contribution in [-0.2, 0) is 14.3 Å². The van der Waals surface area contributed by atoms with E-state index in [0.29, 0.717) is 5.69 Å². The first-order valence-electron chi connectivity index (χ1n) is 4.97. The minimum Gasteiger partial charge on any atom is -0.469 e.